The third-order valence-corrected chi connectivity index (χ3v) is 3.94. The first-order valence-corrected chi connectivity index (χ1v) is 7.40. The lowest BCUT2D eigenvalue weighted by Gasteiger charge is -2.26. The standard InChI is InChI=1S/C15H22N4O/c1-10(2)15-18-17-14-8-7-13(9-19(14)15)20-12-5-3-11(16)4-6-12/h7-12H,3-6,16H2,1-2H3/t11-,12-. The third kappa shape index (κ3) is 2.63. The molecule has 2 heterocycles. The predicted octanol–water partition coefficient (Wildman–Crippen LogP) is 2.50. The lowest BCUT2D eigenvalue weighted by molar-refractivity contribution is 0.146. The topological polar surface area (TPSA) is 65.4 Å². The fourth-order valence-corrected chi connectivity index (χ4v) is 2.75. The normalized spacial score (nSPS) is 23.4. The van der Waals surface area contributed by atoms with E-state index in [0.29, 0.717) is 12.0 Å². The monoisotopic (exact) mass is 274 g/mol. The molecule has 0 spiro atoms. The molecule has 2 aromatic heterocycles. The second-order valence-electron chi connectivity index (χ2n) is 5.96. The maximum atomic E-state index is 6.08. The van der Waals surface area contributed by atoms with Gasteiger partial charge in [0.2, 0.25) is 0 Å². The Labute approximate surface area is 119 Å². The summed E-state index contributed by atoms with van der Waals surface area (Å²) in [7, 11) is 0. The van der Waals surface area contributed by atoms with Crippen LogP contribution in [0.4, 0.5) is 0 Å². The van der Waals surface area contributed by atoms with Gasteiger partial charge in [0.25, 0.3) is 0 Å². The average molecular weight is 274 g/mol. The molecule has 0 bridgehead atoms. The molecule has 0 atom stereocenters. The third-order valence-electron chi connectivity index (χ3n) is 3.94. The molecule has 1 saturated carbocycles. The van der Waals surface area contributed by atoms with Crippen molar-refractivity contribution in [2.45, 2.75) is 57.6 Å². The minimum absolute atomic E-state index is 0.284. The van der Waals surface area contributed by atoms with Gasteiger partial charge in [-0.1, -0.05) is 13.8 Å². The average Bonchev–Trinajstić information content (AvgIpc) is 2.84. The van der Waals surface area contributed by atoms with Crippen LogP contribution in [-0.4, -0.2) is 26.7 Å². The quantitative estimate of drug-likeness (QED) is 0.934. The van der Waals surface area contributed by atoms with E-state index in [1.807, 2.05) is 22.7 Å². The van der Waals surface area contributed by atoms with Crippen molar-refractivity contribution in [1.29, 1.82) is 0 Å². The highest BCUT2D eigenvalue weighted by atomic mass is 16.5. The Kier molecular flexibility index (Phi) is 3.61. The lowest BCUT2D eigenvalue weighted by atomic mass is 9.94. The van der Waals surface area contributed by atoms with E-state index in [2.05, 4.69) is 24.0 Å². The molecule has 1 aliphatic rings. The number of ether oxygens (including phenoxy) is 1. The number of fused-ring (bicyclic) bond motifs is 1. The van der Waals surface area contributed by atoms with Crippen molar-refractivity contribution in [2.75, 3.05) is 0 Å². The van der Waals surface area contributed by atoms with Gasteiger partial charge in [0.15, 0.2) is 5.65 Å². The molecule has 5 heteroatoms. The van der Waals surface area contributed by atoms with Crippen LogP contribution >= 0.6 is 0 Å². The number of nitrogens with zero attached hydrogens (tertiary/aromatic N) is 3. The largest absolute Gasteiger partial charge is 0.489 e. The number of hydrogen-bond acceptors (Lipinski definition) is 4. The van der Waals surface area contributed by atoms with Crippen LogP contribution in [0.5, 0.6) is 5.75 Å². The summed E-state index contributed by atoms with van der Waals surface area (Å²) in [5.41, 5.74) is 6.80. The fourth-order valence-electron chi connectivity index (χ4n) is 2.75. The summed E-state index contributed by atoms with van der Waals surface area (Å²) in [6.45, 7) is 4.24. The van der Waals surface area contributed by atoms with Crippen molar-refractivity contribution in [2.24, 2.45) is 5.73 Å². The van der Waals surface area contributed by atoms with Crippen LogP contribution in [0.2, 0.25) is 0 Å². The Morgan fingerprint density at radius 1 is 1.20 bits per heavy atom. The van der Waals surface area contributed by atoms with Crippen LogP contribution in [0.1, 0.15) is 51.3 Å². The van der Waals surface area contributed by atoms with Crippen molar-refractivity contribution >= 4 is 5.65 Å². The minimum atomic E-state index is 0.284. The number of rotatable bonds is 3. The van der Waals surface area contributed by atoms with Crippen molar-refractivity contribution in [3.05, 3.63) is 24.2 Å². The number of pyridine rings is 1. The first-order valence-electron chi connectivity index (χ1n) is 7.40. The molecule has 0 unspecified atom stereocenters. The minimum Gasteiger partial charge on any atom is -0.489 e. The summed E-state index contributed by atoms with van der Waals surface area (Å²) in [6.07, 6.45) is 6.47. The summed E-state index contributed by atoms with van der Waals surface area (Å²) >= 11 is 0. The molecule has 0 aromatic carbocycles. The number of aromatic nitrogens is 3. The van der Waals surface area contributed by atoms with Gasteiger partial charge in [-0.05, 0) is 37.8 Å². The first-order chi connectivity index (χ1) is 9.63. The molecule has 20 heavy (non-hydrogen) atoms. The molecule has 0 amide bonds. The summed E-state index contributed by atoms with van der Waals surface area (Å²) in [4.78, 5) is 0. The lowest BCUT2D eigenvalue weighted by Crippen LogP contribution is -2.31. The van der Waals surface area contributed by atoms with Gasteiger partial charge in [0.05, 0.1) is 12.3 Å². The van der Waals surface area contributed by atoms with Crippen LogP contribution < -0.4 is 10.5 Å². The van der Waals surface area contributed by atoms with Crippen LogP contribution in [0.15, 0.2) is 18.3 Å². The molecule has 0 aliphatic heterocycles. The second-order valence-corrected chi connectivity index (χ2v) is 5.96. The van der Waals surface area contributed by atoms with Gasteiger partial charge in [-0.2, -0.15) is 0 Å². The van der Waals surface area contributed by atoms with Crippen LogP contribution in [0.25, 0.3) is 5.65 Å². The van der Waals surface area contributed by atoms with E-state index < -0.39 is 0 Å². The van der Waals surface area contributed by atoms with Crippen molar-refractivity contribution in [1.82, 2.24) is 14.6 Å². The zero-order chi connectivity index (χ0) is 14.1. The SMILES string of the molecule is CC(C)c1nnc2ccc(O[C@H]3CC[C@H](N)CC3)cn12. The van der Waals surface area contributed by atoms with Gasteiger partial charge in [0.1, 0.15) is 11.6 Å². The molecule has 2 aromatic rings. The molecule has 0 radical (unpaired) electrons. The maximum Gasteiger partial charge on any atom is 0.161 e. The number of nitrogens with two attached hydrogens (primary N) is 1. The fraction of sp³-hybridized carbons (Fsp3) is 0.600. The van der Waals surface area contributed by atoms with Gasteiger partial charge < -0.3 is 10.5 Å². The molecular formula is C15H22N4O. The number of hydrogen-bond donors (Lipinski definition) is 1. The van der Waals surface area contributed by atoms with E-state index in [9.17, 15) is 0 Å². The highest BCUT2D eigenvalue weighted by molar-refractivity contribution is 5.41. The maximum absolute atomic E-state index is 6.08. The Hall–Kier alpha value is -1.62. The molecule has 5 nitrogen and oxygen atoms in total. The van der Waals surface area contributed by atoms with E-state index in [-0.39, 0.29) is 6.10 Å². The highest BCUT2D eigenvalue weighted by Gasteiger charge is 2.20. The van der Waals surface area contributed by atoms with Gasteiger partial charge in [-0.25, -0.2) is 0 Å². The molecule has 3 rings (SSSR count). The van der Waals surface area contributed by atoms with E-state index in [1.165, 1.54) is 0 Å². The zero-order valence-corrected chi connectivity index (χ0v) is 12.1. The summed E-state index contributed by atoms with van der Waals surface area (Å²) < 4.78 is 8.11. The molecule has 1 fully saturated rings. The second kappa shape index (κ2) is 5.40. The molecular weight excluding hydrogens is 252 g/mol. The molecule has 2 N–H and O–H groups in total. The van der Waals surface area contributed by atoms with Gasteiger partial charge in [-0.3, -0.25) is 4.40 Å². The summed E-state index contributed by atoms with van der Waals surface area (Å²) in [5, 5.41) is 8.41. The van der Waals surface area contributed by atoms with Crippen LogP contribution in [-0.2, 0) is 0 Å². The first kappa shape index (κ1) is 13.4. The Morgan fingerprint density at radius 3 is 2.65 bits per heavy atom. The van der Waals surface area contributed by atoms with Crippen molar-refractivity contribution in [3.8, 4) is 5.75 Å². The Morgan fingerprint density at radius 2 is 1.95 bits per heavy atom. The van der Waals surface area contributed by atoms with Gasteiger partial charge >= 0.3 is 0 Å². The predicted molar refractivity (Wildman–Crippen MR) is 77.9 cm³/mol. The van der Waals surface area contributed by atoms with Crippen molar-refractivity contribution in [3.63, 3.8) is 0 Å². The molecule has 1 aliphatic carbocycles. The Bertz CT molecular complexity index is 585. The van der Waals surface area contributed by atoms with Crippen LogP contribution in [0.3, 0.4) is 0 Å². The van der Waals surface area contributed by atoms with E-state index >= 15 is 0 Å². The highest BCUT2D eigenvalue weighted by Crippen LogP contribution is 2.24. The summed E-state index contributed by atoms with van der Waals surface area (Å²) in [5.74, 6) is 2.20. The van der Waals surface area contributed by atoms with Crippen molar-refractivity contribution < 1.29 is 4.74 Å². The van der Waals surface area contributed by atoms with Gasteiger partial charge in [-0.15, -0.1) is 10.2 Å². The summed E-state index contributed by atoms with van der Waals surface area (Å²) in [6, 6.07) is 4.29. The molecule has 108 valence electrons. The van der Waals surface area contributed by atoms with Crippen LogP contribution in [0, 0.1) is 0 Å². The Balaban J connectivity index is 1.80. The van der Waals surface area contributed by atoms with Gasteiger partial charge in [0, 0.05) is 12.0 Å². The smallest absolute Gasteiger partial charge is 0.161 e. The van der Waals surface area contributed by atoms with E-state index in [4.69, 9.17) is 10.5 Å². The zero-order valence-electron chi connectivity index (χ0n) is 12.1. The molecule has 0 saturated heterocycles. The van der Waals surface area contributed by atoms with E-state index in [0.717, 1.165) is 42.9 Å². The van der Waals surface area contributed by atoms with E-state index in [1.54, 1.807) is 0 Å².